The van der Waals surface area contributed by atoms with Gasteiger partial charge in [0.15, 0.2) is 0 Å². The molecule has 6 heteroatoms. The number of aromatic hydroxyl groups is 1. The van der Waals surface area contributed by atoms with Crippen molar-refractivity contribution in [2.45, 2.75) is 12.8 Å². The third-order valence-corrected chi connectivity index (χ3v) is 1.82. The van der Waals surface area contributed by atoms with E-state index in [1.54, 1.807) is 0 Å². The molecule has 1 rings (SSSR count). The predicted octanol–water partition coefficient (Wildman–Crippen LogP) is 2.19. The van der Waals surface area contributed by atoms with Gasteiger partial charge in [-0.05, 0) is 19.1 Å². The van der Waals surface area contributed by atoms with Crippen LogP contribution in [0, 0.1) is 5.82 Å². The second-order valence-corrected chi connectivity index (χ2v) is 2.96. The normalized spacial score (nSPS) is 11.2. The van der Waals surface area contributed by atoms with Gasteiger partial charge in [-0.1, -0.05) is 0 Å². The van der Waals surface area contributed by atoms with E-state index < -0.39 is 29.0 Å². The molecule has 0 heterocycles. The summed E-state index contributed by atoms with van der Waals surface area (Å²) in [5.41, 5.74) is -1.12. The average Bonchev–Trinajstić information content (AvgIpc) is 2.17. The van der Waals surface area contributed by atoms with Crippen LogP contribution in [0.2, 0.25) is 0 Å². The van der Waals surface area contributed by atoms with Gasteiger partial charge in [-0.2, -0.15) is 8.78 Å². The molecule has 1 aromatic carbocycles. The molecule has 0 radical (unpaired) electrons. The molecule has 88 valence electrons. The Bertz CT molecular complexity index is 404. The van der Waals surface area contributed by atoms with E-state index >= 15 is 0 Å². The van der Waals surface area contributed by atoms with Crippen molar-refractivity contribution in [1.29, 1.82) is 0 Å². The Morgan fingerprint density at radius 2 is 2.12 bits per heavy atom. The fourth-order valence-corrected chi connectivity index (χ4v) is 1.09. The number of benzene rings is 1. The number of carbonyl (C=O) groups excluding carboxylic acids is 1. The Kier molecular flexibility index (Phi) is 3.41. The zero-order valence-corrected chi connectivity index (χ0v) is 8.34. The molecule has 0 bridgehead atoms. The summed E-state index contributed by atoms with van der Waals surface area (Å²) >= 11 is 0. The van der Waals surface area contributed by atoms with Crippen LogP contribution in [0.3, 0.4) is 0 Å². The zero-order valence-electron chi connectivity index (χ0n) is 8.34. The van der Waals surface area contributed by atoms with Crippen LogP contribution in [-0.4, -0.2) is 17.7 Å². The highest BCUT2D eigenvalue weighted by Crippen LogP contribution is 2.32. The highest BCUT2D eigenvalue weighted by molar-refractivity contribution is 5.79. The van der Waals surface area contributed by atoms with Crippen LogP contribution in [0.25, 0.3) is 0 Å². The molecule has 0 spiro atoms. The number of esters is 1. The fraction of sp³-hybridized carbons (Fsp3) is 0.300. The van der Waals surface area contributed by atoms with E-state index in [-0.39, 0.29) is 6.61 Å². The second-order valence-electron chi connectivity index (χ2n) is 2.96. The highest BCUT2D eigenvalue weighted by Gasteiger charge is 2.44. The lowest BCUT2D eigenvalue weighted by molar-refractivity contribution is -0.173. The van der Waals surface area contributed by atoms with E-state index in [2.05, 4.69) is 4.74 Å². The summed E-state index contributed by atoms with van der Waals surface area (Å²) in [7, 11) is 0. The first-order chi connectivity index (χ1) is 7.39. The average molecular weight is 234 g/mol. The number of ether oxygens (including phenoxy) is 1. The van der Waals surface area contributed by atoms with Crippen molar-refractivity contribution >= 4 is 5.97 Å². The largest absolute Gasteiger partial charge is 0.508 e. The molecular formula is C10H9F3O3. The molecule has 0 saturated carbocycles. The first-order valence-electron chi connectivity index (χ1n) is 4.43. The van der Waals surface area contributed by atoms with Crippen LogP contribution in [0.15, 0.2) is 18.2 Å². The van der Waals surface area contributed by atoms with Gasteiger partial charge in [-0.25, -0.2) is 9.18 Å². The number of hydrogen-bond acceptors (Lipinski definition) is 3. The van der Waals surface area contributed by atoms with E-state index in [4.69, 9.17) is 5.11 Å². The van der Waals surface area contributed by atoms with Crippen molar-refractivity contribution in [3.05, 3.63) is 29.6 Å². The fourth-order valence-electron chi connectivity index (χ4n) is 1.09. The summed E-state index contributed by atoms with van der Waals surface area (Å²) in [5, 5.41) is 8.84. The quantitative estimate of drug-likeness (QED) is 0.815. The van der Waals surface area contributed by atoms with Crippen LogP contribution in [-0.2, 0) is 15.5 Å². The highest BCUT2D eigenvalue weighted by atomic mass is 19.3. The summed E-state index contributed by atoms with van der Waals surface area (Å²) in [6.45, 7) is 1.13. The molecule has 0 aliphatic heterocycles. The molecule has 1 N–H and O–H groups in total. The van der Waals surface area contributed by atoms with Gasteiger partial charge >= 0.3 is 11.9 Å². The molecule has 0 aromatic heterocycles. The van der Waals surface area contributed by atoms with Crippen molar-refractivity contribution in [2.24, 2.45) is 0 Å². The minimum absolute atomic E-state index is 0.228. The van der Waals surface area contributed by atoms with Gasteiger partial charge in [0.2, 0.25) is 0 Å². The summed E-state index contributed by atoms with van der Waals surface area (Å²) in [6, 6.07) is 2.01. The van der Waals surface area contributed by atoms with E-state index in [0.717, 1.165) is 6.07 Å². The molecular weight excluding hydrogens is 225 g/mol. The third-order valence-electron chi connectivity index (χ3n) is 1.82. The van der Waals surface area contributed by atoms with Gasteiger partial charge in [-0.15, -0.1) is 0 Å². The van der Waals surface area contributed by atoms with Crippen LogP contribution < -0.4 is 0 Å². The first kappa shape index (κ1) is 12.4. The second kappa shape index (κ2) is 4.42. The van der Waals surface area contributed by atoms with E-state index in [1.807, 2.05) is 0 Å². The molecule has 16 heavy (non-hydrogen) atoms. The number of alkyl halides is 2. The van der Waals surface area contributed by atoms with Crippen molar-refractivity contribution in [3.8, 4) is 5.75 Å². The van der Waals surface area contributed by atoms with E-state index in [9.17, 15) is 18.0 Å². The summed E-state index contributed by atoms with van der Waals surface area (Å²) < 4.78 is 43.9. The van der Waals surface area contributed by atoms with Crippen LogP contribution in [0.1, 0.15) is 12.5 Å². The SMILES string of the molecule is CCOC(=O)C(F)(F)c1ccc(O)cc1F. The molecule has 0 aliphatic rings. The third kappa shape index (κ3) is 2.26. The minimum Gasteiger partial charge on any atom is -0.508 e. The molecule has 0 atom stereocenters. The van der Waals surface area contributed by atoms with Crippen molar-refractivity contribution < 1.29 is 27.8 Å². The molecule has 0 amide bonds. The van der Waals surface area contributed by atoms with Gasteiger partial charge in [0, 0.05) is 6.07 Å². The number of phenolic OH excluding ortho intramolecular Hbond substituents is 1. The van der Waals surface area contributed by atoms with Gasteiger partial charge < -0.3 is 9.84 Å². The van der Waals surface area contributed by atoms with Crippen molar-refractivity contribution in [3.63, 3.8) is 0 Å². The van der Waals surface area contributed by atoms with Gasteiger partial charge in [0.05, 0.1) is 12.2 Å². The minimum atomic E-state index is -4.06. The van der Waals surface area contributed by atoms with Crippen LogP contribution in [0.4, 0.5) is 13.2 Å². The number of rotatable bonds is 3. The Morgan fingerprint density at radius 3 is 2.62 bits per heavy atom. The van der Waals surface area contributed by atoms with Crippen molar-refractivity contribution in [2.75, 3.05) is 6.61 Å². The lowest BCUT2D eigenvalue weighted by atomic mass is 10.1. The standard InChI is InChI=1S/C10H9F3O3/c1-2-16-9(15)10(12,13)7-4-3-6(14)5-8(7)11/h3-5,14H,2H2,1H3. The summed E-state index contributed by atoms with van der Waals surface area (Å²) in [6.07, 6.45) is 0. The van der Waals surface area contributed by atoms with Crippen LogP contribution in [0.5, 0.6) is 5.75 Å². The maximum atomic E-state index is 13.3. The van der Waals surface area contributed by atoms with Gasteiger partial charge in [0.25, 0.3) is 0 Å². The lowest BCUT2D eigenvalue weighted by Gasteiger charge is -2.15. The molecule has 0 saturated heterocycles. The number of hydrogen-bond donors (Lipinski definition) is 1. The van der Waals surface area contributed by atoms with E-state index in [1.165, 1.54) is 6.92 Å². The van der Waals surface area contributed by atoms with E-state index in [0.29, 0.717) is 12.1 Å². The van der Waals surface area contributed by atoms with Crippen molar-refractivity contribution in [1.82, 2.24) is 0 Å². The molecule has 0 unspecified atom stereocenters. The van der Waals surface area contributed by atoms with Crippen LogP contribution >= 0.6 is 0 Å². The number of phenols is 1. The molecule has 1 aromatic rings. The smallest absolute Gasteiger partial charge is 0.382 e. The zero-order chi connectivity index (χ0) is 12.3. The molecule has 3 nitrogen and oxygen atoms in total. The molecule has 0 fully saturated rings. The summed E-state index contributed by atoms with van der Waals surface area (Å²) in [5.74, 6) is -7.74. The maximum absolute atomic E-state index is 13.3. The first-order valence-corrected chi connectivity index (χ1v) is 4.43. The number of halogens is 3. The van der Waals surface area contributed by atoms with Gasteiger partial charge in [0.1, 0.15) is 11.6 Å². The Morgan fingerprint density at radius 1 is 1.50 bits per heavy atom. The summed E-state index contributed by atoms with van der Waals surface area (Å²) in [4.78, 5) is 10.9. The topological polar surface area (TPSA) is 46.5 Å². The predicted molar refractivity (Wildman–Crippen MR) is 48.6 cm³/mol. The Balaban J connectivity index is 3.11. The van der Waals surface area contributed by atoms with Gasteiger partial charge in [-0.3, -0.25) is 0 Å². The Labute approximate surface area is 89.5 Å². The maximum Gasteiger partial charge on any atom is 0.382 e. The lowest BCUT2D eigenvalue weighted by Crippen LogP contribution is -2.29. The molecule has 0 aliphatic carbocycles. The number of carbonyl (C=O) groups is 1. The Hall–Kier alpha value is -1.72. The monoisotopic (exact) mass is 234 g/mol.